The Morgan fingerprint density at radius 3 is 2.59 bits per heavy atom. The molecule has 1 N–H and O–H groups in total. The Kier molecular flexibility index (Phi) is 5.25. The lowest BCUT2D eigenvalue weighted by Crippen LogP contribution is -2.31. The molecule has 1 heterocycles. The molecule has 114 valence electrons. The first-order valence-electron chi connectivity index (χ1n) is 7.13. The second-order valence-electron chi connectivity index (χ2n) is 4.91. The Balaban J connectivity index is 2.11. The SMILES string of the molecule is C=CCN(CC=C)C(=O)CCc1nc2ccccc2c(=O)[nH]1. The average molecular weight is 297 g/mol. The molecule has 0 aliphatic rings. The first-order valence-corrected chi connectivity index (χ1v) is 7.13. The smallest absolute Gasteiger partial charge is 0.258 e. The van der Waals surface area contributed by atoms with E-state index in [-0.39, 0.29) is 17.9 Å². The van der Waals surface area contributed by atoms with Crippen molar-refractivity contribution in [3.05, 3.63) is 65.8 Å². The van der Waals surface area contributed by atoms with Crippen LogP contribution in [0.4, 0.5) is 0 Å². The molecule has 1 aromatic heterocycles. The number of amides is 1. The van der Waals surface area contributed by atoms with E-state index in [1.807, 2.05) is 6.07 Å². The molecule has 1 amide bonds. The third-order valence-corrected chi connectivity index (χ3v) is 3.29. The zero-order chi connectivity index (χ0) is 15.9. The van der Waals surface area contributed by atoms with Gasteiger partial charge >= 0.3 is 0 Å². The van der Waals surface area contributed by atoms with E-state index >= 15 is 0 Å². The molecular formula is C17H19N3O2. The maximum atomic E-state index is 12.2. The van der Waals surface area contributed by atoms with E-state index in [1.54, 1.807) is 35.3 Å². The standard InChI is InChI=1S/C17H19N3O2/c1-3-11-20(12-4-2)16(21)10-9-15-18-14-8-6-5-7-13(14)17(22)19-15/h3-8H,1-2,9-12H2,(H,18,19,22). The van der Waals surface area contributed by atoms with Crippen molar-refractivity contribution in [3.8, 4) is 0 Å². The van der Waals surface area contributed by atoms with Crippen LogP contribution in [0, 0.1) is 0 Å². The van der Waals surface area contributed by atoms with Gasteiger partial charge in [0, 0.05) is 25.9 Å². The molecule has 0 saturated heterocycles. The number of H-pyrrole nitrogens is 1. The van der Waals surface area contributed by atoms with Gasteiger partial charge in [0.05, 0.1) is 10.9 Å². The van der Waals surface area contributed by atoms with Crippen LogP contribution in [0.2, 0.25) is 0 Å². The van der Waals surface area contributed by atoms with E-state index in [9.17, 15) is 9.59 Å². The number of hydrogen-bond acceptors (Lipinski definition) is 3. The lowest BCUT2D eigenvalue weighted by atomic mass is 10.2. The van der Waals surface area contributed by atoms with E-state index in [2.05, 4.69) is 23.1 Å². The van der Waals surface area contributed by atoms with Gasteiger partial charge < -0.3 is 9.88 Å². The number of aromatic nitrogens is 2. The average Bonchev–Trinajstić information content (AvgIpc) is 2.52. The van der Waals surface area contributed by atoms with Crippen molar-refractivity contribution in [3.63, 3.8) is 0 Å². The van der Waals surface area contributed by atoms with Crippen molar-refractivity contribution in [1.29, 1.82) is 0 Å². The monoisotopic (exact) mass is 297 g/mol. The Morgan fingerprint density at radius 1 is 1.23 bits per heavy atom. The van der Waals surface area contributed by atoms with Crippen molar-refractivity contribution in [2.75, 3.05) is 13.1 Å². The van der Waals surface area contributed by atoms with Gasteiger partial charge in [-0.25, -0.2) is 4.98 Å². The molecule has 0 aliphatic heterocycles. The highest BCUT2D eigenvalue weighted by molar-refractivity contribution is 5.78. The zero-order valence-electron chi connectivity index (χ0n) is 12.4. The zero-order valence-corrected chi connectivity index (χ0v) is 12.4. The summed E-state index contributed by atoms with van der Waals surface area (Å²) < 4.78 is 0. The van der Waals surface area contributed by atoms with Crippen LogP contribution in [-0.4, -0.2) is 33.9 Å². The number of carbonyl (C=O) groups is 1. The summed E-state index contributed by atoms with van der Waals surface area (Å²) in [6.07, 6.45) is 4.03. The highest BCUT2D eigenvalue weighted by Crippen LogP contribution is 2.07. The summed E-state index contributed by atoms with van der Waals surface area (Å²) in [4.78, 5) is 32.9. The second-order valence-corrected chi connectivity index (χ2v) is 4.91. The highest BCUT2D eigenvalue weighted by atomic mass is 16.2. The number of nitrogens with one attached hydrogen (secondary N) is 1. The van der Waals surface area contributed by atoms with Gasteiger partial charge in [-0.1, -0.05) is 24.3 Å². The highest BCUT2D eigenvalue weighted by Gasteiger charge is 2.12. The number of para-hydroxylation sites is 1. The summed E-state index contributed by atoms with van der Waals surface area (Å²) in [5.74, 6) is 0.504. The summed E-state index contributed by atoms with van der Waals surface area (Å²) in [7, 11) is 0. The van der Waals surface area contributed by atoms with Gasteiger partial charge in [-0.05, 0) is 12.1 Å². The van der Waals surface area contributed by atoms with E-state index in [0.717, 1.165) is 0 Å². The van der Waals surface area contributed by atoms with Crippen LogP contribution >= 0.6 is 0 Å². The largest absolute Gasteiger partial charge is 0.335 e. The number of benzene rings is 1. The normalized spacial score (nSPS) is 10.4. The lowest BCUT2D eigenvalue weighted by molar-refractivity contribution is -0.130. The minimum absolute atomic E-state index is 0.0180. The molecule has 2 aromatic rings. The topological polar surface area (TPSA) is 66.1 Å². The molecule has 0 bridgehead atoms. The molecule has 0 radical (unpaired) electrons. The Labute approximate surface area is 129 Å². The minimum atomic E-state index is -0.179. The molecule has 5 nitrogen and oxygen atoms in total. The predicted octanol–water partition coefficient (Wildman–Crippen LogP) is 2.06. The van der Waals surface area contributed by atoms with E-state index in [0.29, 0.717) is 36.2 Å². The molecule has 0 atom stereocenters. The van der Waals surface area contributed by atoms with Crippen molar-refractivity contribution < 1.29 is 4.79 Å². The first-order chi connectivity index (χ1) is 10.7. The van der Waals surface area contributed by atoms with Crippen LogP contribution in [0.15, 0.2) is 54.4 Å². The second kappa shape index (κ2) is 7.36. The van der Waals surface area contributed by atoms with Gasteiger partial charge in [-0.3, -0.25) is 9.59 Å². The first kappa shape index (κ1) is 15.7. The third-order valence-electron chi connectivity index (χ3n) is 3.29. The molecule has 1 aromatic carbocycles. The molecule has 0 unspecified atom stereocenters. The van der Waals surface area contributed by atoms with Crippen molar-refractivity contribution >= 4 is 16.8 Å². The van der Waals surface area contributed by atoms with Gasteiger partial charge in [0.1, 0.15) is 5.82 Å². The number of rotatable bonds is 7. The molecule has 0 saturated carbocycles. The number of nitrogens with zero attached hydrogens (tertiary/aromatic N) is 2. The molecule has 0 spiro atoms. The number of aryl methyl sites for hydroxylation is 1. The fourth-order valence-corrected chi connectivity index (χ4v) is 2.23. The van der Waals surface area contributed by atoms with Gasteiger partial charge in [-0.2, -0.15) is 0 Å². The maximum absolute atomic E-state index is 12.2. The van der Waals surface area contributed by atoms with Crippen molar-refractivity contribution in [2.45, 2.75) is 12.8 Å². The Hall–Kier alpha value is -2.69. The summed E-state index contributed by atoms with van der Waals surface area (Å²) in [6, 6.07) is 7.15. The van der Waals surface area contributed by atoms with E-state index in [1.165, 1.54) is 0 Å². The maximum Gasteiger partial charge on any atom is 0.258 e. The quantitative estimate of drug-likeness (QED) is 0.795. The molecular weight excluding hydrogens is 278 g/mol. The summed E-state index contributed by atoms with van der Waals surface area (Å²) >= 11 is 0. The fraction of sp³-hybridized carbons (Fsp3) is 0.235. The lowest BCUT2D eigenvalue weighted by Gasteiger charge is -2.19. The predicted molar refractivity (Wildman–Crippen MR) is 87.7 cm³/mol. The number of hydrogen-bond donors (Lipinski definition) is 1. The van der Waals surface area contributed by atoms with Crippen LogP contribution in [0.25, 0.3) is 10.9 Å². The summed E-state index contributed by atoms with van der Waals surface area (Å²) in [6.45, 7) is 8.24. The molecule has 22 heavy (non-hydrogen) atoms. The van der Waals surface area contributed by atoms with Crippen molar-refractivity contribution in [1.82, 2.24) is 14.9 Å². The van der Waals surface area contributed by atoms with Crippen molar-refractivity contribution in [2.24, 2.45) is 0 Å². The van der Waals surface area contributed by atoms with E-state index in [4.69, 9.17) is 0 Å². The van der Waals surface area contributed by atoms with Crippen LogP contribution in [-0.2, 0) is 11.2 Å². The molecule has 5 heteroatoms. The van der Waals surface area contributed by atoms with Gasteiger partial charge in [0.2, 0.25) is 5.91 Å². The van der Waals surface area contributed by atoms with Crippen LogP contribution in [0.5, 0.6) is 0 Å². The van der Waals surface area contributed by atoms with Gasteiger partial charge in [0.15, 0.2) is 0 Å². The molecule has 0 aliphatic carbocycles. The van der Waals surface area contributed by atoms with Crippen LogP contribution < -0.4 is 5.56 Å². The molecule has 0 fully saturated rings. The van der Waals surface area contributed by atoms with Crippen LogP contribution in [0.1, 0.15) is 12.2 Å². The molecule has 2 rings (SSSR count). The van der Waals surface area contributed by atoms with E-state index < -0.39 is 0 Å². The Bertz CT molecular complexity index is 739. The fourth-order valence-electron chi connectivity index (χ4n) is 2.23. The number of aromatic amines is 1. The number of carbonyl (C=O) groups excluding carboxylic acids is 1. The summed E-state index contributed by atoms with van der Waals surface area (Å²) in [5, 5.41) is 0.553. The summed E-state index contributed by atoms with van der Waals surface area (Å²) in [5.41, 5.74) is 0.463. The Morgan fingerprint density at radius 2 is 1.91 bits per heavy atom. The van der Waals surface area contributed by atoms with Gasteiger partial charge in [-0.15, -0.1) is 13.2 Å². The third kappa shape index (κ3) is 3.69. The number of fused-ring (bicyclic) bond motifs is 1. The van der Waals surface area contributed by atoms with Crippen LogP contribution in [0.3, 0.4) is 0 Å². The van der Waals surface area contributed by atoms with Gasteiger partial charge in [0.25, 0.3) is 5.56 Å². The minimum Gasteiger partial charge on any atom is -0.335 e.